The molecule has 2 aliphatic heterocycles. The van der Waals surface area contributed by atoms with Gasteiger partial charge in [0.05, 0.1) is 11.5 Å². The van der Waals surface area contributed by atoms with Crippen LogP contribution in [0.2, 0.25) is 0 Å². The summed E-state index contributed by atoms with van der Waals surface area (Å²) in [4.78, 5) is 34.0. The largest absolute Gasteiger partial charge is 0.490 e. The topological polar surface area (TPSA) is 127 Å². The lowest BCUT2D eigenvalue weighted by Crippen LogP contribution is -2.55. The molecule has 3 fully saturated rings. The van der Waals surface area contributed by atoms with E-state index in [9.17, 15) is 27.9 Å². The Labute approximate surface area is 171 Å². The molecule has 0 aromatic heterocycles. The van der Waals surface area contributed by atoms with Crippen LogP contribution in [-0.4, -0.2) is 76.0 Å². The molecule has 1 saturated carbocycles. The molecule has 2 heterocycles. The zero-order valence-electron chi connectivity index (χ0n) is 16.5. The van der Waals surface area contributed by atoms with Gasteiger partial charge >= 0.3 is 18.1 Å². The third kappa shape index (κ3) is 6.43. The van der Waals surface area contributed by atoms with Crippen LogP contribution in [0.3, 0.4) is 0 Å². The fourth-order valence-electron chi connectivity index (χ4n) is 4.10. The number of carboxylic acid groups (broad SMARTS) is 2. The van der Waals surface area contributed by atoms with E-state index in [1.54, 1.807) is 6.08 Å². The van der Waals surface area contributed by atoms with Crippen molar-refractivity contribution < 1.29 is 42.9 Å². The van der Waals surface area contributed by atoms with Gasteiger partial charge in [0, 0.05) is 19.2 Å². The Morgan fingerprint density at radius 3 is 2.00 bits per heavy atom. The van der Waals surface area contributed by atoms with Crippen LogP contribution in [0.4, 0.5) is 13.2 Å². The van der Waals surface area contributed by atoms with Gasteiger partial charge in [-0.2, -0.15) is 13.2 Å². The minimum absolute atomic E-state index is 0.0874. The van der Waals surface area contributed by atoms with E-state index < -0.39 is 29.6 Å². The van der Waals surface area contributed by atoms with Crippen molar-refractivity contribution in [2.24, 2.45) is 11.8 Å². The number of carbonyl (C=O) groups excluding carboxylic acids is 1. The van der Waals surface area contributed by atoms with Crippen LogP contribution in [-0.2, 0) is 14.4 Å². The van der Waals surface area contributed by atoms with Crippen LogP contribution in [0, 0.1) is 11.8 Å². The summed E-state index contributed by atoms with van der Waals surface area (Å²) in [6.45, 7) is 3.20. The van der Waals surface area contributed by atoms with Crippen LogP contribution < -0.4 is 5.32 Å². The first-order valence-corrected chi connectivity index (χ1v) is 9.87. The summed E-state index contributed by atoms with van der Waals surface area (Å²) in [5, 5.41) is 29.9. The molecule has 0 aromatic rings. The molecular weight excluding hydrogens is 409 g/mol. The molecular formula is C19H27F3N2O6. The first-order chi connectivity index (χ1) is 13.9. The molecule has 1 amide bonds. The summed E-state index contributed by atoms with van der Waals surface area (Å²) in [6, 6.07) is 0. The highest BCUT2D eigenvalue weighted by Crippen LogP contribution is 2.46. The third-order valence-corrected chi connectivity index (χ3v) is 5.93. The summed E-state index contributed by atoms with van der Waals surface area (Å²) < 4.78 is 31.7. The predicted molar refractivity (Wildman–Crippen MR) is 98.5 cm³/mol. The molecule has 170 valence electrons. The standard InChI is InChI=1S/C17H26N2O4.C2HF3O2/c20-15(9-12-1-5-18-6-2-12)19-7-3-14(4-8-19)17(23)10-13(11-17)16(21)22;3-2(4,5)1(6)7/h9,13-14,18,23H,1-8,10-11H2,(H,21,22);(H,6,7). The van der Waals surface area contributed by atoms with Crippen molar-refractivity contribution in [1.29, 1.82) is 0 Å². The van der Waals surface area contributed by atoms with E-state index in [1.165, 1.54) is 5.57 Å². The average molecular weight is 436 g/mol. The zero-order chi connectivity index (χ0) is 22.5. The van der Waals surface area contributed by atoms with Crippen LogP contribution in [0.15, 0.2) is 11.6 Å². The molecule has 3 aliphatic rings. The maximum atomic E-state index is 12.3. The number of carboxylic acids is 2. The maximum absolute atomic E-state index is 12.3. The van der Waals surface area contributed by atoms with Crippen molar-refractivity contribution in [2.75, 3.05) is 26.2 Å². The van der Waals surface area contributed by atoms with Crippen molar-refractivity contribution in [3.05, 3.63) is 11.6 Å². The predicted octanol–water partition coefficient (Wildman–Crippen LogP) is 1.39. The number of aliphatic carboxylic acids is 2. The molecule has 1 aliphatic carbocycles. The number of rotatable bonds is 3. The number of nitrogens with zero attached hydrogens (tertiary/aromatic N) is 1. The Morgan fingerprint density at radius 1 is 1.07 bits per heavy atom. The van der Waals surface area contributed by atoms with Gasteiger partial charge in [0.15, 0.2) is 0 Å². The van der Waals surface area contributed by atoms with Gasteiger partial charge in [0.25, 0.3) is 0 Å². The van der Waals surface area contributed by atoms with E-state index in [-0.39, 0.29) is 11.8 Å². The maximum Gasteiger partial charge on any atom is 0.490 e. The molecule has 0 radical (unpaired) electrons. The minimum atomic E-state index is -5.08. The second-order valence-corrected chi connectivity index (χ2v) is 8.00. The van der Waals surface area contributed by atoms with Gasteiger partial charge in [0.2, 0.25) is 5.91 Å². The van der Waals surface area contributed by atoms with E-state index in [0.29, 0.717) is 25.9 Å². The molecule has 2 saturated heterocycles. The summed E-state index contributed by atoms with van der Waals surface area (Å²) >= 11 is 0. The molecule has 0 aromatic carbocycles. The van der Waals surface area contributed by atoms with Gasteiger partial charge in [-0.3, -0.25) is 9.59 Å². The third-order valence-electron chi connectivity index (χ3n) is 5.93. The summed E-state index contributed by atoms with van der Waals surface area (Å²) in [6.07, 6.45) is 0.839. The summed E-state index contributed by atoms with van der Waals surface area (Å²) in [5.74, 6) is -3.76. The molecule has 3 rings (SSSR count). The van der Waals surface area contributed by atoms with Gasteiger partial charge in [-0.1, -0.05) is 5.57 Å². The average Bonchev–Trinajstić information content (AvgIpc) is 2.66. The van der Waals surface area contributed by atoms with Gasteiger partial charge in [-0.15, -0.1) is 0 Å². The van der Waals surface area contributed by atoms with Crippen molar-refractivity contribution in [3.63, 3.8) is 0 Å². The highest BCUT2D eigenvalue weighted by atomic mass is 19.4. The number of halogens is 3. The Kier molecular flexibility index (Phi) is 7.87. The first kappa shape index (κ1) is 24.1. The summed E-state index contributed by atoms with van der Waals surface area (Å²) in [7, 11) is 0. The molecule has 30 heavy (non-hydrogen) atoms. The zero-order valence-corrected chi connectivity index (χ0v) is 16.5. The number of amides is 1. The number of carbonyl (C=O) groups is 3. The lowest BCUT2D eigenvalue weighted by Gasteiger charge is -2.49. The highest BCUT2D eigenvalue weighted by Gasteiger charge is 2.51. The van der Waals surface area contributed by atoms with Crippen molar-refractivity contribution in [1.82, 2.24) is 10.2 Å². The first-order valence-electron chi connectivity index (χ1n) is 9.87. The van der Waals surface area contributed by atoms with E-state index in [0.717, 1.165) is 38.8 Å². The second kappa shape index (κ2) is 9.78. The number of aliphatic hydroxyl groups is 1. The van der Waals surface area contributed by atoms with Crippen molar-refractivity contribution >= 4 is 17.8 Å². The second-order valence-electron chi connectivity index (χ2n) is 8.00. The van der Waals surface area contributed by atoms with Gasteiger partial charge < -0.3 is 25.5 Å². The smallest absolute Gasteiger partial charge is 0.481 e. The normalized spacial score (nSPS) is 27.4. The number of likely N-dealkylation sites (tertiary alicyclic amines) is 1. The Hall–Kier alpha value is -2.14. The van der Waals surface area contributed by atoms with Crippen LogP contribution in [0.5, 0.6) is 0 Å². The van der Waals surface area contributed by atoms with Crippen molar-refractivity contribution in [3.8, 4) is 0 Å². The molecule has 0 unspecified atom stereocenters. The monoisotopic (exact) mass is 436 g/mol. The number of piperidine rings is 2. The molecule has 0 spiro atoms. The molecule has 8 nitrogen and oxygen atoms in total. The molecule has 0 bridgehead atoms. The van der Waals surface area contributed by atoms with Crippen LogP contribution in [0.1, 0.15) is 38.5 Å². The van der Waals surface area contributed by atoms with Crippen LogP contribution in [0.25, 0.3) is 0 Å². The van der Waals surface area contributed by atoms with Gasteiger partial charge in [-0.25, -0.2) is 4.79 Å². The lowest BCUT2D eigenvalue weighted by molar-refractivity contribution is -0.192. The van der Waals surface area contributed by atoms with E-state index in [4.69, 9.17) is 15.0 Å². The van der Waals surface area contributed by atoms with E-state index in [1.807, 2.05) is 4.90 Å². The van der Waals surface area contributed by atoms with Crippen molar-refractivity contribution in [2.45, 2.75) is 50.3 Å². The number of nitrogens with one attached hydrogen (secondary N) is 1. The number of hydrogen-bond donors (Lipinski definition) is 4. The quantitative estimate of drug-likeness (QED) is 0.493. The summed E-state index contributed by atoms with van der Waals surface area (Å²) in [5.41, 5.74) is 0.392. The fourth-order valence-corrected chi connectivity index (χ4v) is 4.10. The number of hydrogen-bond acceptors (Lipinski definition) is 5. The fraction of sp³-hybridized carbons (Fsp3) is 0.737. The lowest BCUT2D eigenvalue weighted by atomic mass is 9.62. The SMILES string of the molecule is O=C(O)C(F)(F)F.O=C(O)C1CC(O)(C2CCN(C(=O)C=C3CCNCC3)CC2)C1. The van der Waals surface area contributed by atoms with Gasteiger partial charge in [-0.05, 0) is 57.5 Å². The highest BCUT2D eigenvalue weighted by molar-refractivity contribution is 5.88. The Morgan fingerprint density at radius 2 is 1.57 bits per heavy atom. The number of alkyl halides is 3. The van der Waals surface area contributed by atoms with Gasteiger partial charge in [0.1, 0.15) is 0 Å². The van der Waals surface area contributed by atoms with Crippen LogP contribution >= 0.6 is 0 Å². The molecule has 0 atom stereocenters. The van der Waals surface area contributed by atoms with E-state index in [2.05, 4.69) is 5.32 Å². The minimum Gasteiger partial charge on any atom is -0.481 e. The molecule has 11 heteroatoms. The Bertz CT molecular complexity index is 672. The Balaban J connectivity index is 0.000000396. The molecule has 4 N–H and O–H groups in total. The van der Waals surface area contributed by atoms with E-state index >= 15 is 0 Å².